The molecule has 2 heterocycles. The van der Waals surface area contributed by atoms with Gasteiger partial charge in [-0.25, -0.2) is 4.98 Å². The molecule has 1 aliphatic rings. The van der Waals surface area contributed by atoms with Crippen molar-refractivity contribution in [3.8, 4) is 5.75 Å². The molecule has 1 aromatic carbocycles. The van der Waals surface area contributed by atoms with E-state index in [1.54, 1.807) is 11.3 Å². The number of fused-ring (bicyclic) bond motifs is 1. The van der Waals surface area contributed by atoms with Crippen LogP contribution in [-0.4, -0.2) is 39.2 Å². The number of amides is 1. The number of rotatable bonds is 8. The number of nitrogens with one attached hydrogen (secondary N) is 1. The first kappa shape index (κ1) is 17.4. The number of ether oxygens (including phenoxy) is 1. The third kappa shape index (κ3) is 4.04. The summed E-state index contributed by atoms with van der Waals surface area (Å²) in [7, 11) is 0. The SMILES string of the molecule is CCOc1ccc2nc(SCC(=O)N(Cc3ccsc3)C3CC3)[nH]c2c1. The number of benzene rings is 1. The molecule has 2 aromatic heterocycles. The maximum Gasteiger partial charge on any atom is 0.233 e. The molecule has 4 rings (SSSR count). The number of hydrogen-bond acceptors (Lipinski definition) is 5. The number of carbonyl (C=O) groups excluding carboxylic acids is 1. The van der Waals surface area contributed by atoms with Gasteiger partial charge in [-0.05, 0) is 54.3 Å². The minimum absolute atomic E-state index is 0.180. The molecule has 1 amide bonds. The van der Waals surface area contributed by atoms with E-state index in [0.29, 0.717) is 24.9 Å². The zero-order valence-electron chi connectivity index (χ0n) is 14.6. The molecule has 0 atom stereocenters. The lowest BCUT2D eigenvalue weighted by atomic mass is 10.3. The molecular weight excluding hydrogens is 366 g/mol. The van der Waals surface area contributed by atoms with E-state index in [1.165, 1.54) is 17.3 Å². The monoisotopic (exact) mass is 387 g/mol. The van der Waals surface area contributed by atoms with Crippen molar-refractivity contribution in [2.75, 3.05) is 12.4 Å². The van der Waals surface area contributed by atoms with Crippen molar-refractivity contribution in [2.24, 2.45) is 0 Å². The summed E-state index contributed by atoms with van der Waals surface area (Å²) in [5.74, 6) is 1.41. The highest BCUT2D eigenvalue weighted by molar-refractivity contribution is 7.99. The smallest absolute Gasteiger partial charge is 0.233 e. The van der Waals surface area contributed by atoms with Crippen molar-refractivity contribution < 1.29 is 9.53 Å². The molecule has 0 spiro atoms. The van der Waals surface area contributed by atoms with Gasteiger partial charge in [0, 0.05) is 18.7 Å². The molecule has 0 saturated heterocycles. The van der Waals surface area contributed by atoms with E-state index in [1.807, 2.05) is 30.0 Å². The van der Waals surface area contributed by atoms with Crippen molar-refractivity contribution in [2.45, 2.75) is 37.5 Å². The molecule has 0 radical (unpaired) electrons. The number of nitrogens with zero attached hydrogens (tertiary/aromatic N) is 2. The molecule has 136 valence electrons. The maximum atomic E-state index is 12.7. The number of aromatic nitrogens is 2. The second-order valence-corrected chi connectivity index (χ2v) is 8.07. The molecule has 7 heteroatoms. The summed E-state index contributed by atoms with van der Waals surface area (Å²) in [5, 5.41) is 4.95. The van der Waals surface area contributed by atoms with E-state index in [2.05, 4.69) is 26.8 Å². The molecule has 5 nitrogen and oxygen atoms in total. The maximum absolute atomic E-state index is 12.7. The van der Waals surface area contributed by atoms with Crippen molar-refractivity contribution in [1.29, 1.82) is 0 Å². The van der Waals surface area contributed by atoms with Crippen LogP contribution in [0.4, 0.5) is 0 Å². The Balaban J connectivity index is 1.40. The number of thiophene rings is 1. The molecular formula is C19H21N3O2S2. The van der Waals surface area contributed by atoms with Gasteiger partial charge in [0.05, 0.1) is 23.4 Å². The second kappa shape index (κ2) is 7.72. The molecule has 26 heavy (non-hydrogen) atoms. The summed E-state index contributed by atoms with van der Waals surface area (Å²) in [6, 6.07) is 8.31. The highest BCUT2D eigenvalue weighted by Gasteiger charge is 2.32. The lowest BCUT2D eigenvalue weighted by molar-refractivity contribution is -0.129. The fourth-order valence-corrected chi connectivity index (χ4v) is 4.32. The van der Waals surface area contributed by atoms with Crippen molar-refractivity contribution in [3.05, 3.63) is 40.6 Å². The van der Waals surface area contributed by atoms with Crippen molar-refractivity contribution in [3.63, 3.8) is 0 Å². The summed E-state index contributed by atoms with van der Waals surface area (Å²) in [4.78, 5) is 22.6. The van der Waals surface area contributed by atoms with Gasteiger partial charge in [0.2, 0.25) is 5.91 Å². The molecule has 1 aliphatic carbocycles. The van der Waals surface area contributed by atoms with Crippen LogP contribution in [0.25, 0.3) is 11.0 Å². The highest BCUT2D eigenvalue weighted by Crippen LogP contribution is 2.30. The van der Waals surface area contributed by atoms with Crippen LogP contribution in [0.3, 0.4) is 0 Å². The van der Waals surface area contributed by atoms with Gasteiger partial charge in [-0.1, -0.05) is 11.8 Å². The standard InChI is InChI=1S/C19H21N3O2S2/c1-2-24-15-5-6-16-17(9-15)21-19(20-16)26-12-18(23)22(14-3-4-14)10-13-7-8-25-11-13/h5-9,11,14H,2-4,10,12H2,1H3,(H,20,21). The Hall–Kier alpha value is -1.99. The third-order valence-corrected chi connectivity index (χ3v) is 5.91. The fraction of sp³-hybridized carbons (Fsp3) is 0.368. The normalized spacial score (nSPS) is 13.9. The van der Waals surface area contributed by atoms with E-state index in [-0.39, 0.29) is 5.91 Å². The molecule has 0 unspecified atom stereocenters. The van der Waals surface area contributed by atoms with Crippen LogP contribution >= 0.6 is 23.1 Å². The van der Waals surface area contributed by atoms with Crippen molar-refractivity contribution in [1.82, 2.24) is 14.9 Å². The van der Waals surface area contributed by atoms with E-state index in [0.717, 1.165) is 34.8 Å². The Bertz CT molecular complexity index is 887. The van der Waals surface area contributed by atoms with Gasteiger partial charge < -0.3 is 14.6 Å². The second-order valence-electron chi connectivity index (χ2n) is 6.33. The summed E-state index contributed by atoms with van der Waals surface area (Å²) >= 11 is 3.14. The first-order chi connectivity index (χ1) is 12.7. The van der Waals surface area contributed by atoms with Gasteiger partial charge in [-0.15, -0.1) is 0 Å². The van der Waals surface area contributed by atoms with Crippen LogP contribution in [0.5, 0.6) is 5.75 Å². The third-order valence-electron chi connectivity index (χ3n) is 4.32. The Labute approximate surface area is 160 Å². The zero-order chi connectivity index (χ0) is 17.9. The van der Waals surface area contributed by atoms with Crippen LogP contribution in [0, 0.1) is 0 Å². The summed E-state index contributed by atoms with van der Waals surface area (Å²) in [5.41, 5.74) is 3.04. The average Bonchev–Trinajstić information content (AvgIpc) is 3.18. The lowest BCUT2D eigenvalue weighted by Gasteiger charge is -2.21. The van der Waals surface area contributed by atoms with Gasteiger partial charge >= 0.3 is 0 Å². The van der Waals surface area contributed by atoms with Crippen LogP contribution < -0.4 is 4.74 Å². The van der Waals surface area contributed by atoms with Gasteiger partial charge in [0.15, 0.2) is 5.16 Å². The van der Waals surface area contributed by atoms with Crippen LogP contribution in [0.2, 0.25) is 0 Å². The van der Waals surface area contributed by atoms with Gasteiger partial charge in [-0.2, -0.15) is 11.3 Å². The predicted octanol–water partition coefficient (Wildman–Crippen LogP) is 4.31. The van der Waals surface area contributed by atoms with E-state index in [4.69, 9.17) is 4.74 Å². The van der Waals surface area contributed by atoms with Crippen LogP contribution in [0.15, 0.2) is 40.2 Å². The molecule has 0 aliphatic heterocycles. The lowest BCUT2D eigenvalue weighted by Crippen LogP contribution is -2.33. The number of aromatic amines is 1. The largest absolute Gasteiger partial charge is 0.494 e. The van der Waals surface area contributed by atoms with Gasteiger partial charge in [0.1, 0.15) is 5.75 Å². The molecule has 1 fully saturated rings. The molecule has 3 aromatic rings. The van der Waals surface area contributed by atoms with E-state index < -0.39 is 0 Å². The van der Waals surface area contributed by atoms with E-state index in [9.17, 15) is 4.79 Å². The first-order valence-corrected chi connectivity index (χ1v) is 10.7. The Morgan fingerprint density at radius 2 is 2.31 bits per heavy atom. The minimum atomic E-state index is 0.180. The average molecular weight is 388 g/mol. The van der Waals surface area contributed by atoms with E-state index >= 15 is 0 Å². The molecule has 1 saturated carbocycles. The highest BCUT2D eigenvalue weighted by atomic mass is 32.2. The van der Waals surface area contributed by atoms with Crippen LogP contribution in [0.1, 0.15) is 25.3 Å². The Kier molecular flexibility index (Phi) is 5.17. The minimum Gasteiger partial charge on any atom is -0.494 e. The summed E-state index contributed by atoms with van der Waals surface area (Å²) in [6.45, 7) is 3.31. The molecule has 1 N–H and O–H groups in total. The number of hydrogen-bond donors (Lipinski definition) is 1. The number of H-pyrrole nitrogens is 1. The van der Waals surface area contributed by atoms with Crippen LogP contribution in [-0.2, 0) is 11.3 Å². The Morgan fingerprint density at radius 3 is 3.04 bits per heavy atom. The summed E-state index contributed by atoms with van der Waals surface area (Å²) < 4.78 is 5.52. The van der Waals surface area contributed by atoms with Crippen molar-refractivity contribution >= 4 is 40.0 Å². The zero-order valence-corrected chi connectivity index (χ0v) is 16.2. The Morgan fingerprint density at radius 1 is 1.42 bits per heavy atom. The van der Waals surface area contributed by atoms with Gasteiger partial charge in [-0.3, -0.25) is 4.79 Å². The summed E-state index contributed by atoms with van der Waals surface area (Å²) in [6.07, 6.45) is 2.23. The number of imidazole rings is 1. The van der Waals surface area contributed by atoms with Gasteiger partial charge in [0.25, 0.3) is 0 Å². The quantitative estimate of drug-likeness (QED) is 0.585. The number of carbonyl (C=O) groups is 1. The fourth-order valence-electron chi connectivity index (χ4n) is 2.89. The first-order valence-electron chi connectivity index (χ1n) is 8.79. The predicted molar refractivity (Wildman–Crippen MR) is 106 cm³/mol. The molecule has 0 bridgehead atoms. The number of thioether (sulfide) groups is 1. The topological polar surface area (TPSA) is 58.2 Å².